The summed E-state index contributed by atoms with van der Waals surface area (Å²) >= 11 is 6.21. The standard InChI is InChI=1S/C16H25ClN2O/c1-4-5-12-6-8-13(9-7-12)15(20)10-14-11(2)18-19(3)16(14)17/h12-13H,4-10H2,1-3H3. The van der Waals surface area contributed by atoms with Crippen molar-refractivity contribution in [1.82, 2.24) is 9.78 Å². The van der Waals surface area contributed by atoms with Crippen molar-refractivity contribution < 1.29 is 4.79 Å². The van der Waals surface area contributed by atoms with Crippen LogP contribution in [0.25, 0.3) is 0 Å². The van der Waals surface area contributed by atoms with Crippen LogP contribution in [0.2, 0.25) is 5.15 Å². The van der Waals surface area contributed by atoms with Crippen molar-refractivity contribution in [3.8, 4) is 0 Å². The van der Waals surface area contributed by atoms with Gasteiger partial charge in [-0.05, 0) is 38.5 Å². The fourth-order valence-electron chi connectivity index (χ4n) is 3.37. The second-order valence-corrected chi connectivity index (χ2v) is 6.49. The Kier molecular flexibility index (Phi) is 5.25. The number of hydrogen-bond donors (Lipinski definition) is 0. The molecule has 0 unspecified atom stereocenters. The first-order chi connectivity index (χ1) is 9.52. The van der Waals surface area contributed by atoms with Crippen molar-refractivity contribution in [2.45, 2.75) is 58.8 Å². The van der Waals surface area contributed by atoms with E-state index in [1.807, 2.05) is 14.0 Å². The Bertz CT molecular complexity index is 473. The van der Waals surface area contributed by atoms with Crippen LogP contribution in [0.15, 0.2) is 0 Å². The molecule has 0 bridgehead atoms. The minimum Gasteiger partial charge on any atom is -0.299 e. The van der Waals surface area contributed by atoms with E-state index < -0.39 is 0 Å². The molecule has 0 atom stereocenters. The molecule has 4 heteroatoms. The number of halogens is 1. The SMILES string of the molecule is CCCC1CCC(C(=O)Cc2c(C)nn(C)c2Cl)CC1. The Morgan fingerprint density at radius 1 is 1.35 bits per heavy atom. The van der Waals surface area contributed by atoms with Gasteiger partial charge in [0.25, 0.3) is 0 Å². The molecular weight excluding hydrogens is 272 g/mol. The average molecular weight is 297 g/mol. The lowest BCUT2D eigenvalue weighted by atomic mass is 9.77. The lowest BCUT2D eigenvalue weighted by molar-refractivity contribution is -0.123. The molecule has 1 aliphatic carbocycles. The Balaban J connectivity index is 1.93. The summed E-state index contributed by atoms with van der Waals surface area (Å²) in [5.74, 6) is 1.42. The third-order valence-electron chi connectivity index (χ3n) is 4.62. The summed E-state index contributed by atoms with van der Waals surface area (Å²) in [6.07, 6.45) is 7.55. The highest BCUT2D eigenvalue weighted by Crippen LogP contribution is 2.33. The zero-order valence-electron chi connectivity index (χ0n) is 12.8. The van der Waals surface area contributed by atoms with Crippen molar-refractivity contribution in [2.75, 3.05) is 0 Å². The van der Waals surface area contributed by atoms with Gasteiger partial charge in [0.05, 0.1) is 5.69 Å². The largest absolute Gasteiger partial charge is 0.299 e. The fourth-order valence-corrected chi connectivity index (χ4v) is 3.62. The van der Waals surface area contributed by atoms with Gasteiger partial charge < -0.3 is 0 Å². The van der Waals surface area contributed by atoms with Crippen molar-refractivity contribution in [2.24, 2.45) is 18.9 Å². The van der Waals surface area contributed by atoms with Gasteiger partial charge in [-0.25, -0.2) is 0 Å². The van der Waals surface area contributed by atoms with E-state index in [9.17, 15) is 4.79 Å². The smallest absolute Gasteiger partial charge is 0.140 e. The van der Waals surface area contributed by atoms with Gasteiger partial charge in [0.2, 0.25) is 0 Å². The lowest BCUT2D eigenvalue weighted by Crippen LogP contribution is -2.23. The van der Waals surface area contributed by atoms with Crippen LogP contribution in [0.4, 0.5) is 0 Å². The highest BCUT2D eigenvalue weighted by atomic mass is 35.5. The van der Waals surface area contributed by atoms with Gasteiger partial charge in [0.15, 0.2) is 0 Å². The molecule has 1 aliphatic rings. The van der Waals surface area contributed by atoms with Crippen molar-refractivity contribution >= 4 is 17.4 Å². The number of hydrogen-bond acceptors (Lipinski definition) is 2. The predicted molar refractivity (Wildman–Crippen MR) is 82.0 cm³/mol. The number of carbonyl (C=O) groups is 1. The summed E-state index contributed by atoms with van der Waals surface area (Å²) in [7, 11) is 1.82. The molecule has 1 heterocycles. The van der Waals surface area contributed by atoms with E-state index in [2.05, 4.69) is 12.0 Å². The molecule has 2 rings (SSSR count). The van der Waals surface area contributed by atoms with Crippen LogP contribution < -0.4 is 0 Å². The average Bonchev–Trinajstić information content (AvgIpc) is 2.66. The predicted octanol–water partition coefficient (Wildman–Crippen LogP) is 4.10. The normalized spacial score (nSPS) is 23.0. The summed E-state index contributed by atoms with van der Waals surface area (Å²) in [4.78, 5) is 12.5. The topological polar surface area (TPSA) is 34.9 Å². The summed E-state index contributed by atoms with van der Waals surface area (Å²) in [5, 5.41) is 4.88. The molecule has 1 aromatic heterocycles. The highest BCUT2D eigenvalue weighted by Gasteiger charge is 2.27. The van der Waals surface area contributed by atoms with Crippen molar-refractivity contribution in [3.63, 3.8) is 0 Å². The third kappa shape index (κ3) is 3.43. The Labute approximate surface area is 126 Å². The second kappa shape index (κ2) is 6.75. The summed E-state index contributed by atoms with van der Waals surface area (Å²) in [6.45, 7) is 4.16. The molecule has 0 amide bonds. The Hall–Kier alpha value is -0.830. The van der Waals surface area contributed by atoms with Crippen LogP contribution in [0.3, 0.4) is 0 Å². The van der Waals surface area contributed by atoms with E-state index in [1.165, 1.54) is 25.7 Å². The summed E-state index contributed by atoms with van der Waals surface area (Å²) < 4.78 is 1.65. The fraction of sp³-hybridized carbons (Fsp3) is 0.750. The molecular formula is C16H25ClN2O. The lowest BCUT2D eigenvalue weighted by Gasteiger charge is -2.27. The molecule has 0 aromatic carbocycles. The Morgan fingerprint density at radius 3 is 2.50 bits per heavy atom. The van der Waals surface area contributed by atoms with Gasteiger partial charge in [-0.3, -0.25) is 9.48 Å². The van der Waals surface area contributed by atoms with Crippen LogP contribution in [0, 0.1) is 18.8 Å². The maximum absolute atomic E-state index is 12.5. The van der Waals surface area contributed by atoms with Crippen LogP contribution >= 0.6 is 11.6 Å². The van der Waals surface area contributed by atoms with E-state index in [0.717, 1.165) is 30.0 Å². The number of rotatable bonds is 5. The quantitative estimate of drug-likeness (QED) is 0.820. The van der Waals surface area contributed by atoms with E-state index >= 15 is 0 Å². The van der Waals surface area contributed by atoms with Crippen molar-refractivity contribution in [3.05, 3.63) is 16.4 Å². The van der Waals surface area contributed by atoms with Gasteiger partial charge in [0.1, 0.15) is 10.9 Å². The van der Waals surface area contributed by atoms with Crippen LogP contribution in [0.5, 0.6) is 0 Å². The van der Waals surface area contributed by atoms with Gasteiger partial charge in [0, 0.05) is 24.9 Å². The molecule has 0 N–H and O–H groups in total. The molecule has 112 valence electrons. The first-order valence-electron chi connectivity index (χ1n) is 7.73. The Morgan fingerprint density at radius 2 is 2.00 bits per heavy atom. The first-order valence-corrected chi connectivity index (χ1v) is 8.11. The number of Topliss-reactive ketones (excluding diaryl/α,β-unsaturated/α-hetero) is 1. The van der Waals surface area contributed by atoms with E-state index in [0.29, 0.717) is 17.4 Å². The number of nitrogens with zero attached hydrogens (tertiary/aromatic N) is 2. The highest BCUT2D eigenvalue weighted by molar-refractivity contribution is 6.30. The van der Waals surface area contributed by atoms with Crippen LogP contribution in [0.1, 0.15) is 56.7 Å². The molecule has 20 heavy (non-hydrogen) atoms. The van der Waals surface area contributed by atoms with E-state index in [-0.39, 0.29) is 5.92 Å². The molecule has 1 aromatic rings. The van der Waals surface area contributed by atoms with E-state index in [1.54, 1.807) is 4.68 Å². The molecule has 0 radical (unpaired) electrons. The molecule has 1 saturated carbocycles. The van der Waals surface area contributed by atoms with Crippen molar-refractivity contribution in [1.29, 1.82) is 0 Å². The van der Waals surface area contributed by atoms with E-state index in [4.69, 9.17) is 11.6 Å². The van der Waals surface area contributed by atoms with Crippen LogP contribution in [-0.4, -0.2) is 15.6 Å². The summed E-state index contributed by atoms with van der Waals surface area (Å²) in [6, 6.07) is 0. The van der Waals surface area contributed by atoms with Gasteiger partial charge in [-0.1, -0.05) is 31.4 Å². The third-order valence-corrected chi connectivity index (χ3v) is 5.09. The molecule has 0 saturated heterocycles. The maximum Gasteiger partial charge on any atom is 0.140 e. The molecule has 0 aliphatic heterocycles. The zero-order chi connectivity index (χ0) is 14.7. The van der Waals surface area contributed by atoms with Gasteiger partial charge >= 0.3 is 0 Å². The first kappa shape index (κ1) is 15.6. The second-order valence-electron chi connectivity index (χ2n) is 6.13. The number of carbonyl (C=O) groups excluding carboxylic acids is 1. The van der Waals surface area contributed by atoms with Gasteiger partial charge in [-0.15, -0.1) is 0 Å². The summed E-state index contributed by atoms with van der Waals surface area (Å²) in [5.41, 5.74) is 1.79. The number of aromatic nitrogens is 2. The van der Waals surface area contributed by atoms with Gasteiger partial charge in [-0.2, -0.15) is 5.10 Å². The number of aryl methyl sites for hydroxylation is 2. The molecule has 1 fully saturated rings. The minimum atomic E-state index is 0.235. The molecule has 3 nitrogen and oxygen atoms in total. The number of ketones is 1. The minimum absolute atomic E-state index is 0.235. The monoisotopic (exact) mass is 296 g/mol. The van der Waals surface area contributed by atoms with Crippen LogP contribution in [-0.2, 0) is 18.3 Å². The maximum atomic E-state index is 12.5. The molecule has 0 spiro atoms. The zero-order valence-corrected chi connectivity index (χ0v) is 13.5.